The third kappa shape index (κ3) is 1.95. The molecular weight excluding hydrogens is 202 g/mol. The topological polar surface area (TPSA) is 49.3 Å². The van der Waals surface area contributed by atoms with Crippen LogP contribution in [0.4, 0.5) is 0 Å². The number of fused-ring (bicyclic) bond motifs is 1. The van der Waals surface area contributed by atoms with E-state index < -0.39 is 5.91 Å². The molecular formula is C13H17NO2. The molecule has 0 saturated carbocycles. The van der Waals surface area contributed by atoms with Crippen LogP contribution in [0.5, 0.6) is 0 Å². The van der Waals surface area contributed by atoms with Gasteiger partial charge in [0.25, 0.3) is 5.91 Å². The lowest BCUT2D eigenvalue weighted by atomic mass is 9.95. The van der Waals surface area contributed by atoms with E-state index in [9.17, 15) is 4.79 Å². The van der Waals surface area contributed by atoms with Gasteiger partial charge in [0.1, 0.15) is 0 Å². The molecule has 0 radical (unpaired) electrons. The van der Waals surface area contributed by atoms with E-state index in [1.807, 2.05) is 12.1 Å². The lowest BCUT2D eigenvalue weighted by molar-refractivity contribution is 0.0706. The highest BCUT2D eigenvalue weighted by Crippen LogP contribution is 2.36. The molecule has 1 aliphatic rings. The standard InChI is InChI=1S/C13H17NO2/c1-2-3-9-4-5-10-6-7-11(8-12(9)10)13(15)14-16/h6-9,16H,2-5H2,1H3,(H,14,15). The minimum Gasteiger partial charge on any atom is -0.288 e. The number of hydrogen-bond donors (Lipinski definition) is 2. The van der Waals surface area contributed by atoms with Gasteiger partial charge in [0.05, 0.1) is 0 Å². The number of rotatable bonds is 3. The van der Waals surface area contributed by atoms with Crippen LogP contribution in [0.1, 0.15) is 53.6 Å². The molecule has 1 unspecified atom stereocenters. The third-order valence-corrected chi connectivity index (χ3v) is 3.35. The summed E-state index contributed by atoms with van der Waals surface area (Å²) in [5, 5.41) is 8.61. The lowest BCUT2D eigenvalue weighted by Gasteiger charge is -2.10. The fourth-order valence-corrected chi connectivity index (χ4v) is 2.54. The maximum Gasteiger partial charge on any atom is 0.274 e. The molecule has 16 heavy (non-hydrogen) atoms. The maximum atomic E-state index is 11.3. The Hall–Kier alpha value is -1.35. The van der Waals surface area contributed by atoms with Crippen LogP contribution in [-0.2, 0) is 6.42 Å². The first kappa shape index (κ1) is 11.1. The van der Waals surface area contributed by atoms with Crippen LogP contribution >= 0.6 is 0 Å². The molecule has 0 heterocycles. The fourth-order valence-electron chi connectivity index (χ4n) is 2.54. The monoisotopic (exact) mass is 219 g/mol. The first-order valence-electron chi connectivity index (χ1n) is 5.83. The highest BCUT2D eigenvalue weighted by Gasteiger charge is 2.22. The second-order valence-corrected chi connectivity index (χ2v) is 4.38. The number of amides is 1. The Morgan fingerprint density at radius 2 is 2.38 bits per heavy atom. The van der Waals surface area contributed by atoms with Crippen LogP contribution in [-0.4, -0.2) is 11.1 Å². The third-order valence-electron chi connectivity index (χ3n) is 3.35. The number of carbonyl (C=O) groups is 1. The summed E-state index contributed by atoms with van der Waals surface area (Å²) in [6.07, 6.45) is 4.64. The van der Waals surface area contributed by atoms with Gasteiger partial charge in [-0.15, -0.1) is 0 Å². The Morgan fingerprint density at radius 1 is 1.56 bits per heavy atom. The van der Waals surface area contributed by atoms with Crippen LogP contribution in [0.15, 0.2) is 18.2 Å². The van der Waals surface area contributed by atoms with Crippen molar-refractivity contribution in [2.24, 2.45) is 0 Å². The molecule has 0 aromatic heterocycles. The Morgan fingerprint density at radius 3 is 3.06 bits per heavy atom. The van der Waals surface area contributed by atoms with Crippen molar-refractivity contribution in [2.75, 3.05) is 0 Å². The molecule has 1 aromatic carbocycles. The average molecular weight is 219 g/mol. The summed E-state index contributed by atoms with van der Waals surface area (Å²) >= 11 is 0. The van der Waals surface area contributed by atoms with E-state index in [-0.39, 0.29) is 0 Å². The van der Waals surface area contributed by atoms with E-state index in [1.54, 1.807) is 11.5 Å². The van der Waals surface area contributed by atoms with Gasteiger partial charge in [-0.3, -0.25) is 10.0 Å². The second-order valence-electron chi connectivity index (χ2n) is 4.38. The summed E-state index contributed by atoms with van der Waals surface area (Å²) in [4.78, 5) is 11.3. The van der Waals surface area contributed by atoms with Gasteiger partial charge in [-0.05, 0) is 48.4 Å². The minimum absolute atomic E-state index is 0.426. The molecule has 0 fully saturated rings. The Kier molecular flexibility index (Phi) is 3.25. The molecule has 2 rings (SSSR count). The molecule has 0 bridgehead atoms. The molecule has 0 aliphatic heterocycles. The zero-order valence-corrected chi connectivity index (χ0v) is 9.49. The van der Waals surface area contributed by atoms with Crippen molar-refractivity contribution in [3.63, 3.8) is 0 Å². The van der Waals surface area contributed by atoms with E-state index >= 15 is 0 Å². The van der Waals surface area contributed by atoms with Gasteiger partial charge in [-0.2, -0.15) is 0 Å². The molecule has 2 N–H and O–H groups in total. The van der Waals surface area contributed by atoms with E-state index in [1.165, 1.54) is 30.4 Å². The van der Waals surface area contributed by atoms with Gasteiger partial charge < -0.3 is 0 Å². The Bertz CT molecular complexity index is 399. The summed E-state index contributed by atoms with van der Waals surface area (Å²) in [6.45, 7) is 2.18. The van der Waals surface area contributed by atoms with Crippen LogP contribution in [0.2, 0.25) is 0 Å². The molecule has 86 valence electrons. The summed E-state index contributed by atoms with van der Waals surface area (Å²) in [6, 6.07) is 5.71. The molecule has 0 saturated heterocycles. The Balaban J connectivity index is 2.29. The first-order valence-corrected chi connectivity index (χ1v) is 5.83. The number of hydroxylamine groups is 1. The molecule has 1 aliphatic carbocycles. The summed E-state index contributed by atoms with van der Waals surface area (Å²) in [5.74, 6) is 0.163. The quantitative estimate of drug-likeness (QED) is 0.606. The zero-order valence-electron chi connectivity index (χ0n) is 9.49. The molecule has 0 spiro atoms. The summed E-state index contributed by atoms with van der Waals surface area (Å²) in [7, 11) is 0. The number of carbonyl (C=O) groups excluding carboxylic acids is 1. The normalized spacial score (nSPS) is 18.2. The fraction of sp³-hybridized carbons (Fsp3) is 0.462. The highest BCUT2D eigenvalue weighted by molar-refractivity contribution is 5.93. The molecule has 3 heteroatoms. The average Bonchev–Trinajstić information content (AvgIpc) is 2.71. The summed E-state index contributed by atoms with van der Waals surface area (Å²) < 4.78 is 0. The van der Waals surface area contributed by atoms with Gasteiger partial charge in [0, 0.05) is 5.56 Å². The van der Waals surface area contributed by atoms with Crippen LogP contribution < -0.4 is 5.48 Å². The molecule has 1 atom stereocenters. The van der Waals surface area contributed by atoms with Crippen molar-refractivity contribution in [2.45, 2.75) is 38.5 Å². The lowest BCUT2D eigenvalue weighted by Crippen LogP contribution is -2.18. The van der Waals surface area contributed by atoms with Gasteiger partial charge in [-0.1, -0.05) is 19.4 Å². The van der Waals surface area contributed by atoms with E-state index in [0.717, 1.165) is 6.42 Å². The predicted octanol–water partition coefficient (Wildman–Crippen LogP) is 2.64. The Labute approximate surface area is 95.4 Å². The minimum atomic E-state index is -0.426. The van der Waals surface area contributed by atoms with Crippen molar-refractivity contribution in [3.8, 4) is 0 Å². The number of nitrogens with one attached hydrogen (secondary N) is 1. The number of hydrogen-bond acceptors (Lipinski definition) is 2. The van der Waals surface area contributed by atoms with Gasteiger partial charge in [-0.25, -0.2) is 5.48 Å². The maximum absolute atomic E-state index is 11.3. The van der Waals surface area contributed by atoms with Crippen LogP contribution in [0.3, 0.4) is 0 Å². The molecule has 1 amide bonds. The van der Waals surface area contributed by atoms with Crippen LogP contribution in [0.25, 0.3) is 0 Å². The first-order chi connectivity index (χ1) is 7.76. The van der Waals surface area contributed by atoms with Crippen molar-refractivity contribution in [1.82, 2.24) is 5.48 Å². The molecule has 3 nitrogen and oxygen atoms in total. The van der Waals surface area contributed by atoms with E-state index in [4.69, 9.17) is 5.21 Å². The second kappa shape index (κ2) is 4.66. The van der Waals surface area contributed by atoms with Gasteiger partial charge in [0.15, 0.2) is 0 Å². The zero-order chi connectivity index (χ0) is 11.5. The number of aryl methyl sites for hydroxylation is 1. The summed E-state index contributed by atoms with van der Waals surface area (Å²) in [5.41, 5.74) is 4.87. The van der Waals surface area contributed by atoms with Crippen molar-refractivity contribution in [3.05, 3.63) is 34.9 Å². The van der Waals surface area contributed by atoms with Crippen molar-refractivity contribution >= 4 is 5.91 Å². The SMILES string of the molecule is CCCC1CCc2ccc(C(=O)NO)cc21. The number of benzene rings is 1. The largest absolute Gasteiger partial charge is 0.288 e. The van der Waals surface area contributed by atoms with Gasteiger partial charge in [0.2, 0.25) is 0 Å². The van der Waals surface area contributed by atoms with Crippen molar-refractivity contribution < 1.29 is 10.0 Å². The van der Waals surface area contributed by atoms with Crippen LogP contribution in [0, 0.1) is 0 Å². The van der Waals surface area contributed by atoms with E-state index in [0.29, 0.717) is 11.5 Å². The smallest absolute Gasteiger partial charge is 0.274 e. The highest BCUT2D eigenvalue weighted by atomic mass is 16.5. The van der Waals surface area contributed by atoms with Crippen molar-refractivity contribution in [1.29, 1.82) is 0 Å². The molecule has 1 aromatic rings. The van der Waals surface area contributed by atoms with Gasteiger partial charge >= 0.3 is 0 Å². The van der Waals surface area contributed by atoms with E-state index in [2.05, 4.69) is 6.92 Å². The predicted molar refractivity (Wildman–Crippen MR) is 61.7 cm³/mol.